The number of likely N-dealkylation sites (tertiary alicyclic amines) is 1. The number of carbonyl (C=O) groups is 1. The Kier molecular flexibility index (Phi) is 12.1. The lowest BCUT2D eigenvalue weighted by Gasteiger charge is -2.25. The van der Waals surface area contributed by atoms with Gasteiger partial charge in [-0.05, 0) is 57.0 Å². The molecule has 1 heterocycles. The molecule has 1 aliphatic rings. The number of nitrogens with zero attached hydrogens (tertiary/aromatic N) is 2. The Morgan fingerprint density at radius 1 is 1.11 bits per heavy atom. The molecule has 0 spiro atoms. The fourth-order valence-corrected chi connectivity index (χ4v) is 3.11. The van der Waals surface area contributed by atoms with E-state index in [0.29, 0.717) is 0 Å². The van der Waals surface area contributed by atoms with E-state index in [-0.39, 0.29) is 29.9 Å². The molecule has 7 heteroatoms. The lowest BCUT2D eigenvalue weighted by Crippen LogP contribution is -2.39. The zero-order valence-corrected chi connectivity index (χ0v) is 18.9. The molecule has 0 aliphatic carbocycles. The monoisotopic (exact) mass is 487 g/mol. The smallest absolute Gasteiger partial charge is 0.221 e. The number of hydrogen-bond donors (Lipinski definition) is 3. The van der Waals surface area contributed by atoms with E-state index in [2.05, 4.69) is 27.8 Å². The predicted octanol–water partition coefficient (Wildman–Crippen LogP) is 2.85. The highest BCUT2D eigenvalue weighted by Crippen LogP contribution is 2.10. The van der Waals surface area contributed by atoms with Crippen LogP contribution in [0.15, 0.2) is 29.3 Å². The molecular weight excluding hydrogens is 453 g/mol. The van der Waals surface area contributed by atoms with Crippen molar-refractivity contribution in [2.75, 3.05) is 44.6 Å². The van der Waals surface area contributed by atoms with E-state index in [9.17, 15) is 4.79 Å². The minimum atomic E-state index is -0.0459. The van der Waals surface area contributed by atoms with Crippen molar-refractivity contribution >= 4 is 41.5 Å². The maximum atomic E-state index is 11.0. The van der Waals surface area contributed by atoms with Gasteiger partial charge in [0.05, 0.1) is 6.54 Å². The second-order valence-corrected chi connectivity index (χ2v) is 6.72. The topological polar surface area (TPSA) is 68.8 Å². The molecule has 6 nitrogen and oxygen atoms in total. The molecule has 0 saturated carbocycles. The van der Waals surface area contributed by atoms with Crippen LogP contribution in [0, 0.1) is 0 Å². The van der Waals surface area contributed by atoms with Gasteiger partial charge in [0.2, 0.25) is 5.91 Å². The quantitative estimate of drug-likeness (QED) is 0.300. The third-order valence-corrected chi connectivity index (χ3v) is 4.46. The number of benzene rings is 1. The SMILES string of the molecule is CCNC(=NCCN1CCCCC1)NCCc1ccc(NC(C)=O)cc1.I. The highest BCUT2D eigenvalue weighted by atomic mass is 127. The first kappa shape index (κ1) is 23.7. The number of amides is 1. The second-order valence-electron chi connectivity index (χ2n) is 6.72. The highest BCUT2D eigenvalue weighted by Gasteiger charge is 2.08. The largest absolute Gasteiger partial charge is 0.357 e. The Hall–Kier alpha value is -1.35. The summed E-state index contributed by atoms with van der Waals surface area (Å²) in [4.78, 5) is 18.2. The third kappa shape index (κ3) is 9.95. The number of hydrogen-bond acceptors (Lipinski definition) is 3. The van der Waals surface area contributed by atoms with Gasteiger partial charge < -0.3 is 20.9 Å². The number of halogens is 1. The van der Waals surface area contributed by atoms with Gasteiger partial charge in [0.1, 0.15) is 0 Å². The van der Waals surface area contributed by atoms with Gasteiger partial charge in [0, 0.05) is 32.2 Å². The molecule has 152 valence electrons. The van der Waals surface area contributed by atoms with Crippen LogP contribution in [0.5, 0.6) is 0 Å². The van der Waals surface area contributed by atoms with E-state index in [0.717, 1.165) is 44.2 Å². The van der Waals surface area contributed by atoms with E-state index in [1.165, 1.54) is 44.8 Å². The molecule has 2 rings (SSSR count). The average Bonchev–Trinajstić information content (AvgIpc) is 2.63. The van der Waals surface area contributed by atoms with Crippen molar-refractivity contribution in [1.29, 1.82) is 0 Å². The number of rotatable bonds is 8. The number of nitrogens with one attached hydrogen (secondary N) is 3. The van der Waals surface area contributed by atoms with Gasteiger partial charge in [-0.15, -0.1) is 24.0 Å². The molecular formula is C20H34IN5O. The molecule has 0 radical (unpaired) electrons. The Morgan fingerprint density at radius 2 is 1.81 bits per heavy atom. The molecule has 0 bridgehead atoms. The van der Waals surface area contributed by atoms with Crippen LogP contribution < -0.4 is 16.0 Å². The van der Waals surface area contributed by atoms with Crippen molar-refractivity contribution in [3.05, 3.63) is 29.8 Å². The molecule has 3 N–H and O–H groups in total. The fourth-order valence-electron chi connectivity index (χ4n) is 3.11. The summed E-state index contributed by atoms with van der Waals surface area (Å²) in [5.41, 5.74) is 2.07. The Bertz CT molecular complexity index is 570. The molecule has 0 unspecified atom stereocenters. The van der Waals surface area contributed by atoms with E-state index in [4.69, 9.17) is 4.99 Å². The summed E-state index contributed by atoms with van der Waals surface area (Å²) < 4.78 is 0. The summed E-state index contributed by atoms with van der Waals surface area (Å²) in [5.74, 6) is 0.842. The summed E-state index contributed by atoms with van der Waals surface area (Å²) in [6, 6.07) is 7.98. The van der Waals surface area contributed by atoms with Crippen LogP contribution in [-0.2, 0) is 11.2 Å². The van der Waals surface area contributed by atoms with E-state index in [1.54, 1.807) is 0 Å². The lowest BCUT2D eigenvalue weighted by molar-refractivity contribution is -0.114. The minimum absolute atomic E-state index is 0. The predicted molar refractivity (Wildman–Crippen MR) is 124 cm³/mol. The molecule has 0 atom stereocenters. The molecule has 1 aromatic rings. The Balaban J connectivity index is 0.00000364. The summed E-state index contributed by atoms with van der Waals surface area (Å²) in [6.45, 7) is 9.60. The van der Waals surface area contributed by atoms with Crippen molar-refractivity contribution in [2.45, 2.75) is 39.5 Å². The molecule has 1 aromatic carbocycles. The van der Waals surface area contributed by atoms with Gasteiger partial charge >= 0.3 is 0 Å². The first-order chi connectivity index (χ1) is 12.7. The van der Waals surface area contributed by atoms with Gasteiger partial charge in [-0.3, -0.25) is 9.79 Å². The first-order valence-electron chi connectivity index (χ1n) is 9.78. The van der Waals surface area contributed by atoms with E-state index < -0.39 is 0 Å². The van der Waals surface area contributed by atoms with Crippen molar-refractivity contribution in [2.24, 2.45) is 4.99 Å². The number of aliphatic imine (C=N–C) groups is 1. The number of piperidine rings is 1. The minimum Gasteiger partial charge on any atom is -0.357 e. The lowest BCUT2D eigenvalue weighted by atomic mass is 10.1. The van der Waals surface area contributed by atoms with Crippen molar-refractivity contribution in [1.82, 2.24) is 15.5 Å². The van der Waals surface area contributed by atoms with Gasteiger partial charge in [-0.2, -0.15) is 0 Å². The molecule has 0 aromatic heterocycles. The van der Waals surface area contributed by atoms with Crippen molar-refractivity contribution in [3.63, 3.8) is 0 Å². The van der Waals surface area contributed by atoms with Crippen LogP contribution in [0.1, 0.15) is 38.7 Å². The maximum Gasteiger partial charge on any atom is 0.221 e. The number of guanidine groups is 1. The average molecular weight is 487 g/mol. The molecule has 1 saturated heterocycles. The second kappa shape index (κ2) is 13.8. The van der Waals surface area contributed by atoms with Crippen LogP contribution in [0.4, 0.5) is 5.69 Å². The van der Waals surface area contributed by atoms with Crippen LogP contribution in [0.25, 0.3) is 0 Å². The standard InChI is InChI=1S/C20H33N5O.HI/c1-3-21-20(23-13-16-25-14-5-4-6-15-25)22-12-11-18-7-9-19(10-8-18)24-17(2)26;/h7-10H,3-6,11-16H2,1-2H3,(H,24,26)(H2,21,22,23);1H. The van der Waals surface area contributed by atoms with Crippen molar-refractivity contribution < 1.29 is 4.79 Å². The van der Waals surface area contributed by atoms with Crippen LogP contribution >= 0.6 is 24.0 Å². The number of carbonyl (C=O) groups excluding carboxylic acids is 1. The van der Waals surface area contributed by atoms with Crippen LogP contribution in [0.3, 0.4) is 0 Å². The van der Waals surface area contributed by atoms with Crippen molar-refractivity contribution in [3.8, 4) is 0 Å². The highest BCUT2D eigenvalue weighted by molar-refractivity contribution is 14.0. The summed E-state index contributed by atoms with van der Waals surface area (Å²) >= 11 is 0. The Labute approximate surface area is 180 Å². The van der Waals surface area contributed by atoms with Crippen LogP contribution in [-0.4, -0.2) is 56.0 Å². The summed E-state index contributed by atoms with van der Waals surface area (Å²) in [6.07, 6.45) is 4.93. The summed E-state index contributed by atoms with van der Waals surface area (Å²) in [7, 11) is 0. The normalized spacial score (nSPS) is 15.0. The first-order valence-corrected chi connectivity index (χ1v) is 9.78. The van der Waals surface area contributed by atoms with Gasteiger partial charge in [-0.1, -0.05) is 18.6 Å². The third-order valence-electron chi connectivity index (χ3n) is 4.46. The number of anilines is 1. The summed E-state index contributed by atoms with van der Waals surface area (Å²) in [5, 5.41) is 9.50. The molecule has 1 amide bonds. The maximum absolute atomic E-state index is 11.0. The zero-order valence-electron chi connectivity index (χ0n) is 16.6. The molecule has 1 aliphatic heterocycles. The van der Waals surface area contributed by atoms with Gasteiger partial charge in [0.15, 0.2) is 5.96 Å². The van der Waals surface area contributed by atoms with Gasteiger partial charge in [-0.25, -0.2) is 0 Å². The zero-order chi connectivity index (χ0) is 18.6. The molecule has 1 fully saturated rings. The molecule has 27 heavy (non-hydrogen) atoms. The Morgan fingerprint density at radius 3 is 2.44 bits per heavy atom. The van der Waals surface area contributed by atoms with E-state index in [1.807, 2.05) is 24.3 Å². The fraction of sp³-hybridized carbons (Fsp3) is 0.600. The van der Waals surface area contributed by atoms with Crippen LogP contribution in [0.2, 0.25) is 0 Å². The van der Waals surface area contributed by atoms with E-state index >= 15 is 0 Å². The van der Waals surface area contributed by atoms with Gasteiger partial charge in [0.25, 0.3) is 0 Å².